The highest BCUT2D eigenvalue weighted by Crippen LogP contribution is 2.29. The van der Waals surface area contributed by atoms with Crippen LogP contribution in [0.5, 0.6) is 5.88 Å². The van der Waals surface area contributed by atoms with Gasteiger partial charge in [-0.05, 0) is 43.2 Å². The van der Waals surface area contributed by atoms with Crippen molar-refractivity contribution in [1.29, 1.82) is 0 Å². The molecule has 0 saturated heterocycles. The van der Waals surface area contributed by atoms with E-state index in [9.17, 15) is 4.79 Å². The first-order chi connectivity index (χ1) is 10.8. The minimum atomic E-state index is 0.204. The van der Waals surface area contributed by atoms with Gasteiger partial charge < -0.3 is 10.1 Å². The number of carbonyl (C=O) groups is 1. The zero-order valence-corrected chi connectivity index (χ0v) is 13.2. The molecule has 1 N–H and O–H groups in total. The Morgan fingerprint density at radius 3 is 2.68 bits per heavy atom. The van der Waals surface area contributed by atoms with Crippen molar-refractivity contribution in [2.45, 2.75) is 57.9 Å². The van der Waals surface area contributed by atoms with Crippen LogP contribution in [0.15, 0.2) is 18.3 Å². The second-order valence-electron chi connectivity index (χ2n) is 6.66. The largest absolute Gasteiger partial charge is 0.477 e. The molecule has 2 aliphatic carbocycles. The lowest BCUT2D eigenvalue weighted by atomic mass is 9.99. The van der Waals surface area contributed by atoms with Crippen molar-refractivity contribution in [3.63, 3.8) is 0 Å². The lowest BCUT2D eigenvalue weighted by molar-refractivity contribution is -0.125. The minimum absolute atomic E-state index is 0.204. The van der Waals surface area contributed by atoms with Crippen LogP contribution in [0.1, 0.15) is 56.9 Å². The first kappa shape index (κ1) is 15.3. The summed E-state index contributed by atoms with van der Waals surface area (Å²) in [4.78, 5) is 16.5. The van der Waals surface area contributed by atoms with Crippen LogP contribution >= 0.6 is 0 Å². The highest BCUT2D eigenvalue weighted by atomic mass is 16.5. The summed E-state index contributed by atoms with van der Waals surface area (Å²) in [6.07, 6.45) is 11.3. The van der Waals surface area contributed by atoms with E-state index in [0.29, 0.717) is 12.4 Å². The molecule has 0 bridgehead atoms. The lowest BCUT2D eigenvalue weighted by Crippen LogP contribution is -2.30. The van der Waals surface area contributed by atoms with E-state index < -0.39 is 0 Å². The van der Waals surface area contributed by atoms with Crippen LogP contribution < -0.4 is 10.1 Å². The van der Waals surface area contributed by atoms with Crippen LogP contribution in [0.4, 0.5) is 0 Å². The van der Waals surface area contributed by atoms with E-state index in [4.69, 9.17) is 4.74 Å². The van der Waals surface area contributed by atoms with Gasteiger partial charge in [-0.1, -0.05) is 25.7 Å². The third kappa shape index (κ3) is 4.72. The molecule has 0 aliphatic heterocycles. The predicted molar refractivity (Wildman–Crippen MR) is 85.5 cm³/mol. The zero-order chi connectivity index (χ0) is 15.2. The summed E-state index contributed by atoms with van der Waals surface area (Å²) in [5.41, 5.74) is 1.06. The fourth-order valence-electron chi connectivity index (χ4n) is 3.00. The van der Waals surface area contributed by atoms with Crippen molar-refractivity contribution in [2.75, 3.05) is 6.61 Å². The molecule has 1 amide bonds. The second kappa shape index (κ2) is 7.61. The van der Waals surface area contributed by atoms with E-state index >= 15 is 0 Å². The van der Waals surface area contributed by atoms with Crippen LogP contribution in [0.2, 0.25) is 0 Å². The Kier molecular flexibility index (Phi) is 5.30. The van der Waals surface area contributed by atoms with Gasteiger partial charge in [0, 0.05) is 24.7 Å². The summed E-state index contributed by atoms with van der Waals surface area (Å²) < 4.78 is 5.69. The predicted octanol–water partition coefficient (Wildman–Crippen LogP) is 3.46. The Morgan fingerprint density at radius 2 is 1.95 bits per heavy atom. The molecule has 0 spiro atoms. The molecule has 1 aromatic heterocycles. The van der Waals surface area contributed by atoms with E-state index in [0.717, 1.165) is 30.9 Å². The van der Waals surface area contributed by atoms with Crippen molar-refractivity contribution in [3.05, 3.63) is 23.9 Å². The van der Waals surface area contributed by atoms with E-state index in [1.54, 1.807) is 6.20 Å². The Labute approximate surface area is 132 Å². The molecule has 1 aromatic rings. The molecule has 0 aromatic carbocycles. The van der Waals surface area contributed by atoms with Crippen molar-refractivity contribution in [2.24, 2.45) is 11.8 Å². The van der Waals surface area contributed by atoms with E-state index in [1.807, 2.05) is 12.1 Å². The van der Waals surface area contributed by atoms with Crippen LogP contribution in [0.3, 0.4) is 0 Å². The molecule has 0 unspecified atom stereocenters. The number of pyridine rings is 1. The molecule has 2 fully saturated rings. The maximum Gasteiger partial charge on any atom is 0.223 e. The Balaban J connectivity index is 1.47. The average molecular weight is 302 g/mol. The minimum Gasteiger partial charge on any atom is -0.477 e. The van der Waals surface area contributed by atoms with E-state index in [1.165, 1.54) is 38.5 Å². The summed E-state index contributed by atoms with van der Waals surface area (Å²) in [6.45, 7) is 1.34. The Bertz CT molecular complexity index is 492. The zero-order valence-electron chi connectivity index (χ0n) is 13.2. The summed E-state index contributed by atoms with van der Waals surface area (Å²) in [7, 11) is 0. The van der Waals surface area contributed by atoms with Crippen molar-refractivity contribution >= 4 is 5.91 Å². The van der Waals surface area contributed by atoms with Crippen molar-refractivity contribution in [1.82, 2.24) is 10.3 Å². The number of ether oxygens (including phenoxy) is 1. The fourth-order valence-corrected chi connectivity index (χ4v) is 3.00. The number of nitrogens with zero attached hydrogens (tertiary/aromatic N) is 1. The first-order valence-corrected chi connectivity index (χ1v) is 8.67. The number of aromatic nitrogens is 1. The van der Waals surface area contributed by atoms with Crippen LogP contribution in [0.25, 0.3) is 0 Å². The molecule has 22 heavy (non-hydrogen) atoms. The van der Waals surface area contributed by atoms with Gasteiger partial charge in [-0.3, -0.25) is 4.79 Å². The highest BCUT2D eigenvalue weighted by molar-refractivity contribution is 5.78. The van der Waals surface area contributed by atoms with Gasteiger partial charge in [0.15, 0.2) is 0 Å². The average Bonchev–Trinajstić information content (AvgIpc) is 3.37. The van der Waals surface area contributed by atoms with Gasteiger partial charge in [0.25, 0.3) is 0 Å². The van der Waals surface area contributed by atoms with Gasteiger partial charge in [-0.25, -0.2) is 4.98 Å². The third-order valence-corrected chi connectivity index (χ3v) is 4.66. The molecular formula is C18H26N2O2. The standard InChI is InChI=1S/C18H26N2O2/c21-18(16-5-3-1-2-4-6-16)20-12-15-9-10-19-17(11-15)22-13-14-7-8-14/h9-11,14,16H,1-8,12-13H2,(H,20,21). The van der Waals surface area contributed by atoms with Gasteiger partial charge in [0.05, 0.1) is 6.61 Å². The van der Waals surface area contributed by atoms with Crippen LogP contribution in [-0.4, -0.2) is 17.5 Å². The summed E-state index contributed by atoms with van der Waals surface area (Å²) >= 11 is 0. The molecule has 0 atom stereocenters. The highest BCUT2D eigenvalue weighted by Gasteiger charge is 2.22. The third-order valence-electron chi connectivity index (χ3n) is 4.66. The number of carbonyl (C=O) groups excluding carboxylic acids is 1. The Hall–Kier alpha value is -1.58. The normalized spacial score (nSPS) is 19.5. The molecule has 0 radical (unpaired) electrons. The maximum absolute atomic E-state index is 12.3. The van der Waals surface area contributed by atoms with Gasteiger partial charge in [0.1, 0.15) is 0 Å². The number of nitrogens with one attached hydrogen (secondary N) is 1. The van der Waals surface area contributed by atoms with Gasteiger partial charge >= 0.3 is 0 Å². The summed E-state index contributed by atoms with van der Waals surface area (Å²) in [5, 5.41) is 3.08. The quantitative estimate of drug-likeness (QED) is 0.819. The fraction of sp³-hybridized carbons (Fsp3) is 0.667. The van der Waals surface area contributed by atoms with Gasteiger partial charge in [0.2, 0.25) is 11.8 Å². The van der Waals surface area contributed by atoms with E-state index in [-0.39, 0.29) is 11.8 Å². The molecule has 120 valence electrons. The van der Waals surface area contributed by atoms with Gasteiger partial charge in [-0.15, -0.1) is 0 Å². The van der Waals surface area contributed by atoms with Crippen LogP contribution in [-0.2, 0) is 11.3 Å². The molecule has 4 heteroatoms. The number of hydrogen-bond acceptors (Lipinski definition) is 3. The topological polar surface area (TPSA) is 51.2 Å². The van der Waals surface area contributed by atoms with Crippen molar-refractivity contribution < 1.29 is 9.53 Å². The monoisotopic (exact) mass is 302 g/mol. The molecule has 3 rings (SSSR count). The van der Waals surface area contributed by atoms with E-state index in [2.05, 4.69) is 10.3 Å². The molecule has 2 saturated carbocycles. The number of hydrogen-bond donors (Lipinski definition) is 1. The summed E-state index contributed by atoms with van der Waals surface area (Å²) in [6, 6.07) is 3.88. The maximum atomic E-state index is 12.3. The second-order valence-corrected chi connectivity index (χ2v) is 6.66. The van der Waals surface area contributed by atoms with Gasteiger partial charge in [-0.2, -0.15) is 0 Å². The molecule has 4 nitrogen and oxygen atoms in total. The number of amides is 1. The SMILES string of the molecule is O=C(NCc1ccnc(OCC2CC2)c1)C1CCCCCC1. The van der Waals surface area contributed by atoms with Crippen LogP contribution in [0, 0.1) is 11.8 Å². The van der Waals surface area contributed by atoms with Crippen molar-refractivity contribution in [3.8, 4) is 5.88 Å². The Morgan fingerprint density at radius 1 is 1.18 bits per heavy atom. The smallest absolute Gasteiger partial charge is 0.223 e. The molecular weight excluding hydrogens is 276 g/mol. The molecule has 1 heterocycles. The number of rotatable bonds is 6. The molecule has 2 aliphatic rings. The lowest BCUT2D eigenvalue weighted by Gasteiger charge is -2.14. The summed E-state index contributed by atoms with van der Waals surface area (Å²) in [5.74, 6) is 1.81. The first-order valence-electron chi connectivity index (χ1n) is 8.67.